The van der Waals surface area contributed by atoms with Gasteiger partial charge in [-0.1, -0.05) is 0 Å². The van der Waals surface area contributed by atoms with Crippen LogP contribution in [0, 0.1) is 13.8 Å². The van der Waals surface area contributed by atoms with E-state index in [-0.39, 0.29) is 0 Å². The molecule has 0 spiro atoms. The van der Waals surface area contributed by atoms with Crippen molar-refractivity contribution in [3.05, 3.63) is 39.9 Å². The van der Waals surface area contributed by atoms with Gasteiger partial charge in [0.15, 0.2) is 5.65 Å². The number of rotatable bonds is 3. The molecule has 0 atom stereocenters. The Balaban J connectivity index is 2.09. The molecule has 0 saturated carbocycles. The Labute approximate surface area is 129 Å². The second kappa shape index (κ2) is 5.18. The molecule has 0 aliphatic heterocycles. The van der Waals surface area contributed by atoms with Crippen molar-refractivity contribution in [2.24, 2.45) is 0 Å². The van der Waals surface area contributed by atoms with E-state index in [0.717, 1.165) is 32.9 Å². The topological polar surface area (TPSA) is 56.7 Å². The molecule has 3 rings (SSSR count). The highest BCUT2D eigenvalue weighted by Gasteiger charge is 2.15. The summed E-state index contributed by atoms with van der Waals surface area (Å²) in [6, 6.07) is 1.92. The lowest BCUT2D eigenvalue weighted by Gasteiger charge is -2.03. The Morgan fingerprint density at radius 1 is 1.35 bits per heavy atom. The van der Waals surface area contributed by atoms with Gasteiger partial charge < -0.3 is 8.98 Å². The number of fused-ring (bicyclic) bond motifs is 1. The number of imidazole rings is 1. The fraction of sp³-hybridized carbons (Fsp3) is 0.308. The van der Waals surface area contributed by atoms with E-state index in [9.17, 15) is 0 Å². The van der Waals surface area contributed by atoms with Gasteiger partial charge in [0.1, 0.15) is 23.6 Å². The summed E-state index contributed by atoms with van der Waals surface area (Å²) in [6.45, 7) is 4.30. The highest BCUT2D eigenvalue weighted by atomic mass is 79.9. The zero-order chi connectivity index (χ0) is 14.3. The quantitative estimate of drug-likeness (QED) is 0.674. The minimum atomic E-state index is 0.312. The zero-order valence-corrected chi connectivity index (χ0v) is 13.4. The highest BCUT2D eigenvalue weighted by Crippen LogP contribution is 2.21. The Bertz CT molecular complexity index is 761. The number of aromatic nitrogens is 4. The van der Waals surface area contributed by atoms with E-state index >= 15 is 0 Å². The summed E-state index contributed by atoms with van der Waals surface area (Å²) in [5, 5.41) is 0. The lowest BCUT2D eigenvalue weighted by molar-refractivity contribution is 0.456. The number of hydrogen-bond acceptors (Lipinski definition) is 4. The van der Waals surface area contributed by atoms with E-state index in [2.05, 4.69) is 30.9 Å². The van der Waals surface area contributed by atoms with Gasteiger partial charge in [0.2, 0.25) is 5.89 Å². The van der Waals surface area contributed by atoms with Crippen molar-refractivity contribution in [1.82, 2.24) is 19.5 Å². The van der Waals surface area contributed by atoms with Crippen molar-refractivity contribution in [2.75, 3.05) is 0 Å². The van der Waals surface area contributed by atoms with E-state index in [1.165, 1.54) is 0 Å². The summed E-state index contributed by atoms with van der Waals surface area (Å²) in [7, 11) is 0. The van der Waals surface area contributed by atoms with Gasteiger partial charge in [-0.3, -0.25) is 0 Å². The first-order valence-corrected chi connectivity index (χ1v) is 7.40. The molecule has 0 aliphatic rings. The molecule has 0 fully saturated rings. The van der Waals surface area contributed by atoms with Crippen LogP contribution in [0.15, 0.2) is 21.2 Å². The van der Waals surface area contributed by atoms with E-state index in [1.807, 2.05) is 24.5 Å². The number of halogens is 2. The molecule has 0 amide bonds. The minimum Gasteiger partial charge on any atom is -0.444 e. The smallest absolute Gasteiger partial charge is 0.214 e. The molecule has 0 radical (unpaired) electrons. The summed E-state index contributed by atoms with van der Waals surface area (Å²) >= 11 is 9.36. The van der Waals surface area contributed by atoms with Gasteiger partial charge in [0, 0.05) is 10.7 Å². The number of oxazole rings is 1. The van der Waals surface area contributed by atoms with Crippen LogP contribution < -0.4 is 0 Å². The number of nitrogens with zero attached hydrogens (tertiary/aromatic N) is 4. The lowest BCUT2D eigenvalue weighted by atomic mass is 10.4. The molecule has 0 unspecified atom stereocenters. The third kappa shape index (κ3) is 2.33. The molecule has 0 saturated heterocycles. The predicted molar refractivity (Wildman–Crippen MR) is 79.9 cm³/mol. The minimum absolute atomic E-state index is 0.312. The van der Waals surface area contributed by atoms with E-state index in [0.29, 0.717) is 18.3 Å². The van der Waals surface area contributed by atoms with Crippen molar-refractivity contribution in [3.63, 3.8) is 0 Å². The molecule has 0 aliphatic carbocycles. The largest absolute Gasteiger partial charge is 0.444 e. The van der Waals surface area contributed by atoms with E-state index in [1.54, 1.807) is 6.20 Å². The maximum atomic E-state index is 5.97. The van der Waals surface area contributed by atoms with Crippen molar-refractivity contribution < 1.29 is 4.42 Å². The normalized spacial score (nSPS) is 11.4. The van der Waals surface area contributed by atoms with Gasteiger partial charge in [-0.15, -0.1) is 11.6 Å². The summed E-state index contributed by atoms with van der Waals surface area (Å²) in [5.41, 5.74) is 2.47. The summed E-state index contributed by atoms with van der Waals surface area (Å²) in [5.74, 6) is 2.52. The third-order valence-electron chi connectivity index (χ3n) is 3.12. The molecule has 0 bridgehead atoms. The number of alkyl halides is 1. The molecule has 20 heavy (non-hydrogen) atoms. The molecular formula is C13H12BrClN4O. The number of hydrogen-bond donors (Lipinski definition) is 0. The Morgan fingerprint density at radius 3 is 2.80 bits per heavy atom. The molecule has 104 valence electrons. The first kappa shape index (κ1) is 13.6. The van der Waals surface area contributed by atoms with Crippen molar-refractivity contribution in [3.8, 4) is 0 Å². The fourth-order valence-corrected chi connectivity index (χ4v) is 2.57. The summed E-state index contributed by atoms with van der Waals surface area (Å²) in [4.78, 5) is 13.3. The van der Waals surface area contributed by atoms with Crippen LogP contribution in [0.2, 0.25) is 0 Å². The Hall–Kier alpha value is -1.40. The van der Waals surface area contributed by atoms with Gasteiger partial charge >= 0.3 is 0 Å². The van der Waals surface area contributed by atoms with Crippen LogP contribution >= 0.6 is 27.5 Å². The number of pyridine rings is 1. The van der Waals surface area contributed by atoms with Crippen LogP contribution in [0.1, 0.15) is 23.2 Å². The van der Waals surface area contributed by atoms with Crippen LogP contribution in [0.4, 0.5) is 0 Å². The second-order valence-corrected chi connectivity index (χ2v) is 5.68. The van der Waals surface area contributed by atoms with Gasteiger partial charge in [0.25, 0.3) is 0 Å². The molecule has 3 aromatic heterocycles. The molecule has 0 N–H and O–H groups in total. The predicted octanol–water partition coefficient (Wildman–Crippen LogP) is 3.59. The maximum absolute atomic E-state index is 5.97. The SMILES string of the molecule is Cc1nc(Cn2c(CCl)nc3cc(Br)cnc32)oc1C. The van der Waals surface area contributed by atoms with Gasteiger partial charge in [-0.05, 0) is 35.8 Å². The van der Waals surface area contributed by atoms with Gasteiger partial charge in [-0.25, -0.2) is 15.0 Å². The molecule has 7 heteroatoms. The van der Waals surface area contributed by atoms with E-state index < -0.39 is 0 Å². The zero-order valence-electron chi connectivity index (χ0n) is 11.0. The molecule has 3 heterocycles. The van der Waals surface area contributed by atoms with Crippen LogP contribution in [-0.4, -0.2) is 19.5 Å². The van der Waals surface area contributed by atoms with Crippen LogP contribution in [0.3, 0.4) is 0 Å². The molecular weight excluding hydrogens is 344 g/mol. The van der Waals surface area contributed by atoms with Crippen molar-refractivity contribution >= 4 is 38.7 Å². The monoisotopic (exact) mass is 354 g/mol. The molecule has 0 aromatic carbocycles. The van der Waals surface area contributed by atoms with Gasteiger partial charge in [0.05, 0.1) is 11.6 Å². The average molecular weight is 356 g/mol. The van der Waals surface area contributed by atoms with Crippen LogP contribution in [-0.2, 0) is 12.4 Å². The van der Waals surface area contributed by atoms with E-state index in [4.69, 9.17) is 16.0 Å². The molecule has 3 aromatic rings. The summed E-state index contributed by atoms with van der Waals surface area (Å²) in [6.07, 6.45) is 1.74. The Morgan fingerprint density at radius 2 is 2.15 bits per heavy atom. The fourth-order valence-electron chi connectivity index (χ4n) is 2.04. The standard InChI is InChI=1S/C13H12BrClN4O/c1-7-8(2)20-12(17-7)6-19-11(4-15)18-10-3-9(14)5-16-13(10)19/h3,5H,4,6H2,1-2H3. The maximum Gasteiger partial charge on any atom is 0.214 e. The van der Waals surface area contributed by atoms with Crippen molar-refractivity contribution in [1.29, 1.82) is 0 Å². The summed E-state index contributed by atoms with van der Waals surface area (Å²) < 4.78 is 8.44. The average Bonchev–Trinajstić information content (AvgIpc) is 2.91. The first-order chi connectivity index (χ1) is 9.58. The van der Waals surface area contributed by atoms with Gasteiger partial charge in [-0.2, -0.15) is 0 Å². The number of aryl methyl sites for hydroxylation is 2. The van der Waals surface area contributed by atoms with Crippen LogP contribution in [0.5, 0.6) is 0 Å². The van der Waals surface area contributed by atoms with Crippen molar-refractivity contribution in [2.45, 2.75) is 26.3 Å². The Kier molecular flexibility index (Phi) is 3.52. The van der Waals surface area contributed by atoms with Crippen LogP contribution in [0.25, 0.3) is 11.2 Å². The first-order valence-electron chi connectivity index (χ1n) is 6.08. The third-order valence-corrected chi connectivity index (χ3v) is 3.79. The lowest BCUT2D eigenvalue weighted by Crippen LogP contribution is -2.05. The second-order valence-electron chi connectivity index (χ2n) is 4.49. The highest BCUT2D eigenvalue weighted by molar-refractivity contribution is 9.10. The molecule has 5 nitrogen and oxygen atoms in total.